The van der Waals surface area contributed by atoms with E-state index in [9.17, 15) is 25.3 Å². The maximum atomic E-state index is 10.5. The number of benzene rings is 1. The van der Waals surface area contributed by atoms with Gasteiger partial charge in [0.25, 0.3) is 11.8 Å². The number of rotatable bonds is 2. The Hall–Kier alpha value is -1.74. The lowest BCUT2D eigenvalue weighted by Gasteiger charge is -2.47. The molecule has 0 amide bonds. The molecule has 1 saturated heterocycles. The molecule has 1 fully saturated rings. The standard InChI is InChI=1S/C10H13N3O5.C2H6/c14-9(15)6-12(8-4-2-1-3-5-8)7-10(16,17)13(9)11-18;1-2/h1-5,14-17H,6-7H2;1-2H3. The van der Waals surface area contributed by atoms with Gasteiger partial charge in [0.2, 0.25) is 0 Å². The Morgan fingerprint density at radius 2 is 1.45 bits per heavy atom. The normalized spacial score (nSPS) is 19.9. The minimum Gasteiger partial charge on any atom is -0.356 e. The lowest BCUT2D eigenvalue weighted by atomic mass is 10.2. The molecule has 8 heteroatoms. The zero-order valence-corrected chi connectivity index (χ0v) is 11.3. The van der Waals surface area contributed by atoms with Crippen molar-refractivity contribution in [1.29, 1.82) is 0 Å². The van der Waals surface area contributed by atoms with Crippen molar-refractivity contribution in [2.75, 3.05) is 18.0 Å². The van der Waals surface area contributed by atoms with Crippen LogP contribution in [0.15, 0.2) is 35.6 Å². The van der Waals surface area contributed by atoms with Crippen molar-refractivity contribution < 1.29 is 20.4 Å². The van der Waals surface area contributed by atoms with Crippen LogP contribution in [0.3, 0.4) is 0 Å². The molecule has 112 valence electrons. The van der Waals surface area contributed by atoms with Crippen molar-refractivity contribution in [3.63, 3.8) is 0 Å². The number of aliphatic hydroxyl groups is 4. The van der Waals surface area contributed by atoms with Crippen molar-refractivity contribution in [3.05, 3.63) is 35.2 Å². The van der Waals surface area contributed by atoms with Crippen LogP contribution < -0.4 is 4.90 Å². The Labute approximate surface area is 116 Å². The zero-order valence-electron chi connectivity index (χ0n) is 11.3. The van der Waals surface area contributed by atoms with Crippen LogP contribution in [-0.2, 0) is 0 Å². The number of hydrogen-bond acceptors (Lipinski definition) is 7. The van der Waals surface area contributed by atoms with E-state index in [1.165, 1.54) is 4.90 Å². The molecule has 1 aliphatic heterocycles. The van der Waals surface area contributed by atoms with Gasteiger partial charge in [-0.05, 0) is 12.1 Å². The Morgan fingerprint density at radius 1 is 1.00 bits per heavy atom. The predicted octanol–water partition coefficient (Wildman–Crippen LogP) is -0.207. The molecule has 1 aromatic carbocycles. The first-order chi connectivity index (χ1) is 9.37. The van der Waals surface area contributed by atoms with Crippen molar-refractivity contribution >= 4 is 5.69 Å². The van der Waals surface area contributed by atoms with E-state index in [0.717, 1.165) is 0 Å². The van der Waals surface area contributed by atoms with Gasteiger partial charge in [0.15, 0.2) is 0 Å². The minimum absolute atomic E-state index is 0.0839. The molecule has 1 aromatic rings. The number of nitroso groups, excluding NO2 is 1. The van der Waals surface area contributed by atoms with E-state index in [4.69, 9.17) is 0 Å². The number of hydrogen-bond donors (Lipinski definition) is 4. The highest BCUT2D eigenvalue weighted by Crippen LogP contribution is 2.29. The minimum atomic E-state index is -2.76. The second kappa shape index (κ2) is 6.14. The zero-order chi connectivity index (χ0) is 15.4. The van der Waals surface area contributed by atoms with Crippen LogP contribution in [0.1, 0.15) is 13.8 Å². The summed E-state index contributed by atoms with van der Waals surface area (Å²) in [6.07, 6.45) is 0. The lowest BCUT2D eigenvalue weighted by molar-refractivity contribution is -0.391. The van der Waals surface area contributed by atoms with Crippen LogP contribution in [0.4, 0.5) is 5.69 Å². The van der Waals surface area contributed by atoms with E-state index in [0.29, 0.717) is 5.69 Å². The summed E-state index contributed by atoms with van der Waals surface area (Å²) in [4.78, 5) is 11.8. The van der Waals surface area contributed by atoms with Crippen molar-refractivity contribution in [3.8, 4) is 0 Å². The lowest BCUT2D eigenvalue weighted by Crippen LogP contribution is -2.71. The fraction of sp³-hybridized carbons (Fsp3) is 0.500. The van der Waals surface area contributed by atoms with Crippen LogP contribution in [0.5, 0.6) is 0 Å². The maximum Gasteiger partial charge on any atom is 0.287 e. The van der Waals surface area contributed by atoms with Gasteiger partial charge in [-0.1, -0.05) is 32.0 Å². The molecule has 0 saturated carbocycles. The molecule has 2 rings (SSSR count). The molecule has 0 radical (unpaired) electrons. The second-order valence-corrected chi connectivity index (χ2v) is 4.13. The van der Waals surface area contributed by atoms with Crippen molar-refractivity contribution in [1.82, 2.24) is 5.01 Å². The first-order valence-electron chi connectivity index (χ1n) is 6.20. The molecular weight excluding hydrogens is 266 g/mol. The smallest absolute Gasteiger partial charge is 0.287 e. The topological polar surface area (TPSA) is 117 Å². The third-order valence-corrected chi connectivity index (χ3v) is 2.69. The van der Waals surface area contributed by atoms with Gasteiger partial charge >= 0.3 is 0 Å². The highest BCUT2D eigenvalue weighted by Gasteiger charge is 2.53. The van der Waals surface area contributed by atoms with E-state index in [-0.39, 0.29) is 5.01 Å². The van der Waals surface area contributed by atoms with E-state index in [1.54, 1.807) is 30.3 Å². The van der Waals surface area contributed by atoms with Crippen molar-refractivity contribution in [2.45, 2.75) is 25.7 Å². The fourth-order valence-electron chi connectivity index (χ4n) is 1.94. The molecule has 0 unspecified atom stereocenters. The quantitative estimate of drug-likeness (QED) is 0.439. The van der Waals surface area contributed by atoms with E-state index in [1.807, 2.05) is 13.8 Å². The van der Waals surface area contributed by atoms with Crippen LogP contribution in [0, 0.1) is 4.91 Å². The Bertz CT molecular complexity index is 420. The van der Waals surface area contributed by atoms with Gasteiger partial charge in [-0.2, -0.15) is 0 Å². The van der Waals surface area contributed by atoms with E-state index >= 15 is 0 Å². The molecule has 0 bridgehead atoms. The number of β-amino-alcohol motifs (C(OH)–C–C–N with tert-alkyl or cyclic N) is 4. The summed E-state index contributed by atoms with van der Waals surface area (Å²) in [5.41, 5.74) is 0.558. The summed E-state index contributed by atoms with van der Waals surface area (Å²) in [6.45, 7) is 3.18. The Balaban J connectivity index is 0.000000956. The average Bonchev–Trinajstić information content (AvgIpc) is 2.40. The van der Waals surface area contributed by atoms with Crippen LogP contribution in [0.2, 0.25) is 0 Å². The van der Waals surface area contributed by atoms with Gasteiger partial charge in [-0.15, -0.1) is 9.92 Å². The van der Waals surface area contributed by atoms with Crippen LogP contribution in [-0.4, -0.2) is 50.3 Å². The predicted molar refractivity (Wildman–Crippen MR) is 72.0 cm³/mol. The van der Waals surface area contributed by atoms with Gasteiger partial charge < -0.3 is 25.3 Å². The number of para-hydroxylation sites is 1. The van der Waals surface area contributed by atoms with Crippen LogP contribution in [0.25, 0.3) is 0 Å². The van der Waals surface area contributed by atoms with Gasteiger partial charge in [0.1, 0.15) is 0 Å². The monoisotopic (exact) mass is 285 g/mol. The second-order valence-electron chi connectivity index (χ2n) is 4.13. The van der Waals surface area contributed by atoms with Crippen molar-refractivity contribution in [2.24, 2.45) is 5.29 Å². The molecule has 0 aliphatic carbocycles. The number of nitrogens with zero attached hydrogens (tertiary/aromatic N) is 3. The fourth-order valence-corrected chi connectivity index (χ4v) is 1.94. The summed E-state index contributed by atoms with van der Waals surface area (Å²) in [5.74, 6) is -5.53. The van der Waals surface area contributed by atoms with Gasteiger partial charge in [0.05, 0.1) is 18.4 Å². The van der Waals surface area contributed by atoms with Gasteiger partial charge in [0, 0.05) is 5.69 Å². The number of anilines is 1. The summed E-state index contributed by atoms with van der Waals surface area (Å²) < 4.78 is 0. The van der Waals surface area contributed by atoms with E-state index < -0.39 is 24.9 Å². The Kier molecular flexibility index (Phi) is 5.01. The van der Waals surface area contributed by atoms with E-state index in [2.05, 4.69) is 5.29 Å². The third kappa shape index (κ3) is 3.23. The molecule has 4 N–H and O–H groups in total. The first kappa shape index (κ1) is 16.3. The first-order valence-corrected chi connectivity index (χ1v) is 6.20. The summed E-state index contributed by atoms with van der Waals surface area (Å²) in [7, 11) is 0. The largest absolute Gasteiger partial charge is 0.356 e. The SMILES string of the molecule is CC.O=NN1C(O)(O)CN(c2ccccc2)CC1(O)O. The average molecular weight is 285 g/mol. The molecule has 0 aromatic heterocycles. The summed E-state index contributed by atoms with van der Waals surface area (Å²) in [5, 5.41) is 40.7. The molecular formula is C12H19N3O5. The summed E-state index contributed by atoms with van der Waals surface area (Å²) >= 11 is 0. The molecule has 0 spiro atoms. The molecule has 1 aliphatic rings. The maximum absolute atomic E-state index is 10.5. The van der Waals surface area contributed by atoms with Gasteiger partial charge in [-0.25, -0.2) is 0 Å². The molecule has 0 atom stereocenters. The highest BCUT2D eigenvalue weighted by molar-refractivity contribution is 5.47. The molecule has 20 heavy (non-hydrogen) atoms. The van der Waals surface area contributed by atoms with Gasteiger partial charge in [-0.3, -0.25) is 0 Å². The molecule has 1 heterocycles. The molecule has 8 nitrogen and oxygen atoms in total. The summed E-state index contributed by atoms with van der Waals surface area (Å²) in [6, 6.07) is 8.52. The third-order valence-electron chi connectivity index (χ3n) is 2.69. The number of piperazine rings is 1. The Morgan fingerprint density at radius 3 is 1.85 bits per heavy atom. The van der Waals surface area contributed by atoms with Crippen LogP contribution >= 0.6 is 0 Å². The highest BCUT2D eigenvalue weighted by atomic mass is 16.6.